The van der Waals surface area contributed by atoms with Gasteiger partial charge in [0.2, 0.25) is 5.91 Å². The van der Waals surface area contributed by atoms with Gasteiger partial charge in [0, 0.05) is 17.5 Å². The molecule has 1 aromatic carbocycles. The molecule has 2 aromatic rings. The first-order valence-electron chi connectivity index (χ1n) is 7.55. The molecule has 0 N–H and O–H groups in total. The van der Waals surface area contributed by atoms with Crippen molar-refractivity contribution in [1.29, 1.82) is 0 Å². The van der Waals surface area contributed by atoms with Gasteiger partial charge < -0.3 is 9.64 Å². The number of hydrogen-bond acceptors (Lipinski definition) is 3. The van der Waals surface area contributed by atoms with Crippen LogP contribution < -0.4 is 4.74 Å². The van der Waals surface area contributed by atoms with Crippen molar-refractivity contribution in [2.45, 2.75) is 18.9 Å². The Morgan fingerprint density at radius 1 is 1.30 bits per heavy atom. The summed E-state index contributed by atoms with van der Waals surface area (Å²) in [5, 5.41) is 0. The van der Waals surface area contributed by atoms with E-state index >= 15 is 0 Å². The summed E-state index contributed by atoms with van der Waals surface area (Å²) in [7, 11) is 1.66. The van der Waals surface area contributed by atoms with Crippen LogP contribution in [0.4, 0.5) is 0 Å². The van der Waals surface area contributed by atoms with Gasteiger partial charge in [-0.3, -0.25) is 4.79 Å². The summed E-state index contributed by atoms with van der Waals surface area (Å²) >= 11 is 5.06. The summed E-state index contributed by atoms with van der Waals surface area (Å²) in [5.74, 6) is 0.917. The minimum absolute atomic E-state index is 0.0767. The van der Waals surface area contributed by atoms with Crippen LogP contribution in [0.25, 0.3) is 6.08 Å². The van der Waals surface area contributed by atoms with Gasteiger partial charge >= 0.3 is 0 Å². The lowest BCUT2D eigenvalue weighted by atomic mass is 10.0. The first-order valence-corrected chi connectivity index (χ1v) is 9.16. The minimum Gasteiger partial charge on any atom is -0.497 e. The number of halogens is 1. The van der Waals surface area contributed by atoms with Crippen LogP contribution in [0.2, 0.25) is 0 Å². The van der Waals surface area contributed by atoms with Crippen LogP contribution in [0.5, 0.6) is 5.75 Å². The van der Waals surface area contributed by atoms with Crippen molar-refractivity contribution in [1.82, 2.24) is 4.90 Å². The molecule has 0 spiro atoms. The first-order chi connectivity index (χ1) is 11.2. The number of amides is 1. The standard InChI is InChI=1S/C18H18BrNO2S/c1-22-14-6-4-13(5-7-14)16-3-2-12-20(16)18(21)11-9-15-8-10-17(19)23-15/h4-11,16H,2-3,12H2,1H3/b11-9+. The van der Waals surface area contributed by atoms with Crippen molar-refractivity contribution < 1.29 is 9.53 Å². The Hall–Kier alpha value is -1.59. The average molecular weight is 392 g/mol. The third-order valence-corrected chi connectivity index (χ3v) is 5.61. The number of methoxy groups -OCH3 is 1. The number of rotatable bonds is 4. The highest BCUT2D eigenvalue weighted by Crippen LogP contribution is 2.33. The van der Waals surface area contributed by atoms with E-state index in [9.17, 15) is 4.79 Å². The van der Waals surface area contributed by atoms with Gasteiger partial charge in [-0.1, -0.05) is 12.1 Å². The van der Waals surface area contributed by atoms with E-state index in [-0.39, 0.29) is 11.9 Å². The zero-order valence-electron chi connectivity index (χ0n) is 12.9. The Morgan fingerprint density at radius 3 is 2.74 bits per heavy atom. The van der Waals surface area contributed by atoms with Crippen LogP contribution >= 0.6 is 27.3 Å². The van der Waals surface area contributed by atoms with E-state index < -0.39 is 0 Å². The van der Waals surface area contributed by atoms with E-state index in [0.29, 0.717) is 0 Å². The smallest absolute Gasteiger partial charge is 0.247 e. The highest BCUT2D eigenvalue weighted by atomic mass is 79.9. The molecule has 1 aliphatic rings. The fraction of sp³-hybridized carbons (Fsp3) is 0.278. The van der Waals surface area contributed by atoms with Gasteiger partial charge in [0.1, 0.15) is 5.75 Å². The topological polar surface area (TPSA) is 29.5 Å². The summed E-state index contributed by atoms with van der Waals surface area (Å²) in [4.78, 5) is 15.6. The Labute approximate surface area is 148 Å². The fourth-order valence-corrected chi connectivity index (χ4v) is 4.20. The Kier molecular flexibility index (Phi) is 5.18. The van der Waals surface area contributed by atoms with Crippen LogP contribution in [-0.4, -0.2) is 24.5 Å². The van der Waals surface area contributed by atoms with Crippen molar-refractivity contribution in [2.24, 2.45) is 0 Å². The fourth-order valence-electron chi connectivity index (χ4n) is 2.87. The van der Waals surface area contributed by atoms with Crippen molar-refractivity contribution in [3.05, 3.63) is 56.7 Å². The second-order valence-electron chi connectivity index (χ2n) is 5.44. The molecule has 1 unspecified atom stereocenters. The summed E-state index contributed by atoms with van der Waals surface area (Å²) in [6, 6.07) is 12.2. The van der Waals surface area contributed by atoms with Crippen molar-refractivity contribution in [2.75, 3.05) is 13.7 Å². The third kappa shape index (κ3) is 3.85. The zero-order valence-corrected chi connectivity index (χ0v) is 15.3. The lowest BCUT2D eigenvalue weighted by Crippen LogP contribution is -2.28. The van der Waals surface area contributed by atoms with E-state index in [1.807, 2.05) is 35.2 Å². The number of nitrogens with zero attached hydrogens (tertiary/aromatic N) is 1. The molecule has 1 amide bonds. The Bertz CT molecular complexity index is 708. The molecule has 0 saturated carbocycles. The van der Waals surface area contributed by atoms with E-state index in [1.165, 1.54) is 5.56 Å². The molecule has 2 heterocycles. The van der Waals surface area contributed by atoms with Crippen LogP contribution in [0.1, 0.15) is 29.3 Å². The van der Waals surface area contributed by atoms with Crippen LogP contribution in [-0.2, 0) is 4.79 Å². The average Bonchev–Trinajstić information content (AvgIpc) is 3.21. The molecule has 0 aliphatic carbocycles. The van der Waals surface area contributed by atoms with E-state index in [0.717, 1.165) is 33.8 Å². The van der Waals surface area contributed by atoms with Gasteiger partial charge in [-0.15, -0.1) is 11.3 Å². The maximum atomic E-state index is 12.5. The number of likely N-dealkylation sites (tertiary alicyclic amines) is 1. The van der Waals surface area contributed by atoms with Crippen molar-refractivity contribution in [3.63, 3.8) is 0 Å². The first kappa shape index (κ1) is 16.3. The molecule has 1 aliphatic heterocycles. The number of carbonyl (C=O) groups is 1. The molecule has 1 aromatic heterocycles. The second kappa shape index (κ2) is 7.32. The van der Waals surface area contributed by atoms with E-state index in [1.54, 1.807) is 24.5 Å². The molecule has 3 nitrogen and oxygen atoms in total. The third-order valence-electron chi connectivity index (χ3n) is 4.02. The van der Waals surface area contributed by atoms with E-state index in [4.69, 9.17) is 4.74 Å². The highest BCUT2D eigenvalue weighted by Gasteiger charge is 2.28. The molecule has 0 bridgehead atoms. The molecular formula is C18H18BrNO2S. The molecule has 120 valence electrons. The predicted molar refractivity (Wildman–Crippen MR) is 97.7 cm³/mol. The monoisotopic (exact) mass is 391 g/mol. The maximum absolute atomic E-state index is 12.5. The van der Waals surface area contributed by atoms with Crippen molar-refractivity contribution >= 4 is 39.2 Å². The van der Waals surface area contributed by atoms with Gasteiger partial charge in [-0.05, 0) is 64.7 Å². The second-order valence-corrected chi connectivity index (χ2v) is 7.93. The molecule has 1 fully saturated rings. The molecule has 1 saturated heterocycles. The molecule has 23 heavy (non-hydrogen) atoms. The van der Waals surface area contributed by atoms with Crippen LogP contribution in [0, 0.1) is 0 Å². The Balaban J connectivity index is 1.72. The van der Waals surface area contributed by atoms with Gasteiger partial charge in [0.15, 0.2) is 0 Å². The molecular weight excluding hydrogens is 374 g/mol. The van der Waals surface area contributed by atoms with E-state index in [2.05, 4.69) is 28.1 Å². The molecule has 0 radical (unpaired) electrons. The number of benzene rings is 1. The number of ether oxygens (including phenoxy) is 1. The van der Waals surface area contributed by atoms with Gasteiger partial charge in [-0.25, -0.2) is 0 Å². The summed E-state index contributed by atoms with van der Waals surface area (Å²) in [5.41, 5.74) is 1.17. The van der Waals surface area contributed by atoms with Crippen LogP contribution in [0.3, 0.4) is 0 Å². The SMILES string of the molecule is COc1ccc(C2CCCN2C(=O)/C=C/c2ccc(Br)s2)cc1. The quantitative estimate of drug-likeness (QED) is 0.693. The Morgan fingerprint density at radius 2 is 2.09 bits per heavy atom. The normalized spacial score (nSPS) is 17.8. The summed E-state index contributed by atoms with van der Waals surface area (Å²) < 4.78 is 6.27. The summed E-state index contributed by atoms with van der Waals surface area (Å²) in [6.45, 7) is 0.813. The van der Waals surface area contributed by atoms with Gasteiger partial charge in [0.25, 0.3) is 0 Å². The predicted octanol–water partition coefficient (Wildman–Crippen LogP) is 4.90. The maximum Gasteiger partial charge on any atom is 0.247 e. The molecule has 1 atom stereocenters. The van der Waals surface area contributed by atoms with Gasteiger partial charge in [0.05, 0.1) is 16.9 Å². The molecule has 5 heteroatoms. The van der Waals surface area contributed by atoms with Crippen LogP contribution in [0.15, 0.2) is 46.3 Å². The zero-order chi connectivity index (χ0) is 16.2. The largest absolute Gasteiger partial charge is 0.497 e. The van der Waals surface area contributed by atoms with Gasteiger partial charge in [-0.2, -0.15) is 0 Å². The molecule has 3 rings (SSSR count). The lowest BCUT2D eigenvalue weighted by molar-refractivity contribution is -0.126. The highest BCUT2D eigenvalue weighted by molar-refractivity contribution is 9.11. The number of hydrogen-bond donors (Lipinski definition) is 0. The lowest BCUT2D eigenvalue weighted by Gasteiger charge is -2.24. The van der Waals surface area contributed by atoms with Crippen molar-refractivity contribution in [3.8, 4) is 5.75 Å². The summed E-state index contributed by atoms with van der Waals surface area (Å²) in [6.07, 6.45) is 5.62. The number of carbonyl (C=O) groups excluding carboxylic acids is 1. The number of thiophene rings is 1. The minimum atomic E-state index is 0.0767.